The number of nitrogens with one attached hydrogen (secondary N) is 1. The van der Waals surface area contributed by atoms with Gasteiger partial charge in [0.05, 0.1) is 11.8 Å². The molecule has 0 aliphatic heterocycles. The van der Waals surface area contributed by atoms with E-state index < -0.39 is 0 Å². The minimum atomic E-state index is 0.135. The van der Waals surface area contributed by atoms with E-state index in [1.807, 2.05) is 51.1 Å². The van der Waals surface area contributed by atoms with E-state index in [4.69, 9.17) is 4.74 Å². The normalized spacial score (nSPS) is 10.5. The van der Waals surface area contributed by atoms with Gasteiger partial charge in [-0.25, -0.2) is 9.97 Å². The summed E-state index contributed by atoms with van der Waals surface area (Å²) in [5.74, 6) is 1.67. The van der Waals surface area contributed by atoms with Gasteiger partial charge < -0.3 is 10.1 Å². The number of nitrogens with zero attached hydrogens (tertiary/aromatic N) is 2. The average molecular weight is 257 g/mol. The van der Waals surface area contributed by atoms with E-state index in [0.717, 1.165) is 29.4 Å². The third kappa shape index (κ3) is 3.44. The van der Waals surface area contributed by atoms with Crippen molar-refractivity contribution in [1.82, 2.24) is 9.97 Å². The predicted octanol–water partition coefficient (Wildman–Crippen LogP) is 3.36. The van der Waals surface area contributed by atoms with Crippen molar-refractivity contribution in [1.29, 1.82) is 0 Å². The van der Waals surface area contributed by atoms with Crippen LogP contribution in [0.2, 0.25) is 0 Å². The first kappa shape index (κ1) is 13.3. The quantitative estimate of drug-likeness (QED) is 0.892. The maximum Gasteiger partial charge on any atom is 0.129 e. The smallest absolute Gasteiger partial charge is 0.129 e. The first-order chi connectivity index (χ1) is 9.20. The van der Waals surface area contributed by atoms with Crippen LogP contribution >= 0.6 is 0 Å². The van der Waals surface area contributed by atoms with Gasteiger partial charge in [0.1, 0.15) is 17.9 Å². The number of para-hydroxylation sites is 1. The largest absolute Gasteiger partial charge is 0.490 e. The van der Waals surface area contributed by atoms with Crippen molar-refractivity contribution in [3.05, 3.63) is 36.7 Å². The van der Waals surface area contributed by atoms with Crippen molar-refractivity contribution in [3.8, 4) is 17.0 Å². The van der Waals surface area contributed by atoms with Crippen LogP contribution in [-0.2, 0) is 0 Å². The molecule has 0 spiro atoms. The zero-order valence-electron chi connectivity index (χ0n) is 11.6. The number of hydrogen-bond donors (Lipinski definition) is 1. The Kier molecular flexibility index (Phi) is 4.34. The summed E-state index contributed by atoms with van der Waals surface area (Å²) < 4.78 is 5.82. The second kappa shape index (κ2) is 6.18. The van der Waals surface area contributed by atoms with Crippen LogP contribution in [0.5, 0.6) is 5.75 Å². The van der Waals surface area contributed by atoms with Crippen LogP contribution in [-0.4, -0.2) is 22.6 Å². The zero-order valence-corrected chi connectivity index (χ0v) is 11.6. The molecule has 2 aromatic rings. The van der Waals surface area contributed by atoms with Gasteiger partial charge in [-0.2, -0.15) is 0 Å². The van der Waals surface area contributed by atoms with Crippen molar-refractivity contribution >= 4 is 5.82 Å². The molecule has 0 unspecified atom stereocenters. The van der Waals surface area contributed by atoms with E-state index in [9.17, 15) is 0 Å². The monoisotopic (exact) mass is 257 g/mol. The Balaban J connectivity index is 2.37. The number of aromatic nitrogens is 2. The molecule has 0 radical (unpaired) electrons. The highest BCUT2D eigenvalue weighted by Gasteiger charge is 2.09. The van der Waals surface area contributed by atoms with Gasteiger partial charge in [0.25, 0.3) is 0 Å². The summed E-state index contributed by atoms with van der Waals surface area (Å²) in [5, 5.41) is 3.19. The highest BCUT2D eigenvalue weighted by molar-refractivity contribution is 5.68. The van der Waals surface area contributed by atoms with Crippen LogP contribution in [0, 0.1) is 0 Å². The van der Waals surface area contributed by atoms with Crippen molar-refractivity contribution in [2.45, 2.75) is 26.9 Å². The van der Waals surface area contributed by atoms with Gasteiger partial charge in [-0.1, -0.05) is 12.1 Å². The molecule has 1 heterocycles. The minimum absolute atomic E-state index is 0.135. The molecule has 1 N–H and O–H groups in total. The SMILES string of the molecule is CCNc1cc(-c2ccccc2OC(C)C)ncn1. The van der Waals surface area contributed by atoms with Crippen LogP contribution in [0.1, 0.15) is 20.8 Å². The molecular weight excluding hydrogens is 238 g/mol. The number of ether oxygens (including phenoxy) is 1. The predicted molar refractivity (Wildman–Crippen MR) is 77.4 cm³/mol. The van der Waals surface area contributed by atoms with Crippen LogP contribution in [0.15, 0.2) is 36.7 Å². The number of anilines is 1. The maximum atomic E-state index is 5.82. The van der Waals surface area contributed by atoms with Gasteiger partial charge in [-0.3, -0.25) is 0 Å². The fourth-order valence-electron chi connectivity index (χ4n) is 1.82. The molecule has 0 bridgehead atoms. The second-order valence-electron chi connectivity index (χ2n) is 4.48. The van der Waals surface area contributed by atoms with E-state index in [-0.39, 0.29) is 6.10 Å². The van der Waals surface area contributed by atoms with Crippen LogP contribution in [0.4, 0.5) is 5.82 Å². The molecule has 1 aromatic carbocycles. The van der Waals surface area contributed by atoms with Gasteiger partial charge in [0.15, 0.2) is 0 Å². The van der Waals surface area contributed by atoms with Gasteiger partial charge in [-0.15, -0.1) is 0 Å². The summed E-state index contributed by atoms with van der Waals surface area (Å²) >= 11 is 0. The van der Waals surface area contributed by atoms with Crippen molar-refractivity contribution in [2.24, 2.45) is 0 Å². The topological polar surface area (TPSA) is 47.0 Å². The second-order valence-corrected chi connectivity index (χ2v) is 4.48. The van der Waals surface area contributed by atoms with E-state index in [1.54, 1.807) is 6.33 Å². The number of hydrogen-bond acceptors (Lipinski definition) is 4. The molecule has 0 fully saturated rings. The van der Waals surface area contributed by atoms with Gasteiger partial charge in [0.2, 0.25) is 0 Å². The summed E-state index contributed by atoms with van der Waals surface area (Å²) in [4.78, 5) is 8.51. The molecule has 4 nitrogen and oxygen atoms in total. The van der Waals surface area contributed by atoms with Crippen molar-refractivity contribution in [2.75, 3.05) is 11.9 Å². The van der Waals surface area contributed by atoms with Crippen molar-refractivity contribution in [3.63, 3.8) is 0 Å². The highest BCUT2D eigenvalue weighted by atomic mass is 16.5. The molecule has 1 aromatic heterocycles. The summed E-state index contributed by atoms with van der Waals surface area (Å²) in [6, 6.07) is 9.86. The molecule has 2 rings (SSSR count). The summed E-state index contributed by atoms with van der Waals surface area (Å²) in [6.07, 6.45) is 1.70. The van der Waals surface area contributed by atoms with Crippen LogP contribution in [0.3, 0.4) is 0 Å². The maximum absolute atomic E-state index is 5.82. The Morgan fingerprint density at radius 1 is 1.21 bits per heavy atom. The third-order valence-corrected chi connectivity index (χ3v) is 2.55. The molecule has 0 saturated heterocycles. The Labute approximate surface area is 113 Å². The highest BCUT2D eigenvalue weighted by Crippen LogP contribution is 2.29. The Hall–Kier alpha value is -2.10. The fraction of sp³-hybridized carbons (Fsp3) is 0.333. The third-order valence-electron chi connectivity index (χ3n) is 2.55. The summed E-state index contributed by atoms with van der Waals surface area (Å²) in [6.45, 7) is 6.90. The van der Waals surface area contributed by atoms with E-state index >= 15 is 0 Å². The van der Waals surface area contributed by atoms with E-state index in [0.29, 0.717) is 0 Å². The van der Waals surface area contributed by atoms with Gasteiger partial charge in [0, 0.05) is 18.2 Å². The first-order valence-corrected chi connectivity index (χ1v) is 6.52. The molecular formula is C15H19N3O. The lowest BCUT2D eigenvalue weighted by atomic mass is 10.1. The molecule has 0 aliphatic carbocycles. The lowest BCUT2D eigenvalue weighted by Gasteiger charge is -2.14. The van der Waals surface area contributed by atoms with Gasteiger partial charge >= 0.3 is 0 Å². The van der Waals surface area contributed by atoms with Crippen LogP contribution in [0.25, 0.3) is 11.3 Å². The fourth-order valence-corrected chi connectivity index (χ4v) is 1.82. The van der Waals surface area contributed by atoms with Gasteiger partial charge in [-0.05, 0) is 32.9 Å². The summed E-state index contributed by atoms with van der Waals surface area (Å²) in [5.41, 5.74) is 1.85. The Morgan fingerprint density at radius 3 is 2.74 bits per heavy atom. The minimum Gasteiger partial charge on any atom is -0.490 e. The first-order valence-electron chi connectivity index (χ1n) is 6.52. The number of benzene rings is 1. The molecule has 0 saturated carbocycles. The standard InChI is InChI=1S/C15H19N3O/c1-4-16-15-9-13(17-10-18-15)12-7-5-6-8-14(12)19-11(2)3/h5-11H,4H2,1-3H3,(H,16,17,18). The van der Waals surface area contributed by atoms with Crippen LogP contribution < -0.4 is 10.1 Å². The molecule has 4 heteroatoms. The van der Waals surface area contributed by atoms with E-state index in [1.165, 1.54) is 0 Å². The Morgan fingerprint density at radius 2 is 2.00 bits per heavy atom. The molecule has 0 atom stereocenters. The summed E-state index contributed by atoms with van der Waals surface area (Å²) in [7, 11) is 0. The van der Waals surface area contributed by atoms with E-state index in [2.05, 4.69) is 15.3 Å². The number of rotatable bonds is 5. The molecule has 0 amide bonds. The lowest BCUT2D eigenvalue weighted by molar-refractivity contribution is 0.243. The zero-order chi connectivity index (χ0) is 13.7. The lowest BCUT2D eigenvalue weighted by Crippen LogP contribution is -2.07. The van der Waals surface area contributed by atoms with Crippen molar-refractivity contribution < 1.29 is 4.74 Å². The average Bonchev–Trinajstić information content (AvgIpc) is 2.39. The molecule has 0 aliphatic rings. The molecule has 100 valence electrons. The Bertz CT molecular complexity index is 540. The molecule has 19 heavy (non-hydrogen) atoms.